The summed E-state index contributed by atoms with van der Waals surface area (Å²) in [6.07, 6.45) is 0. The van der Waals surface area contributed by atoms with Crippen LogP contribution in [0.3, 0.4) is 0 Å². The van der Waals surface area contributed by atoms with Gasteiger partial charge in [0.25, 0.3) is 5.69 Å². The molecule has 0 aliphatic heterocycles. The van der Waals surface area contributed by atoms with Crippen LogP contribution in [0.2, 0.25) is 5.02 Å². The Hall–Kier alpha value is -1.33. The summed E-state index contributed by atoms with van der Waals surface area (Å²) in [5.41, 5.74) is 3.06. The van der Waals surface area contributed by atoms with Crippen LogP contribution >= 0.6 is 11.6 Å². The average Bonchev–Trinajstić information content (AvgIpc) is 2.07. The van der Waals surface area contributed by atoms with E-state index in [0.29, 0.717) is 10.7 Å². The van der Waals surface area contributed by atoms with Crippen molar-refractivity contribution in [3.8, 4) is 0 Å². The van der Waals surface area contributed by atoms with Crippen LogP contribution in [0.15, 0.2) is 18.2 Å². The van der Waals surface area contributed by atoms with Crippen molar-refractivity contribution < 1.29 is 4.92 Å². The number of hydrazine groups is 1. The zero-order chi connectivity index (χ0) is 10.7. The van der Waals surface area contributed by atoms with Crippen LogP contribution in [-0.2, 0) is 0 Å². The van der Waals surface area contributed by atoms with Gasteiger partial charge in [-0.05, 0) is 6.07 Å². The monoisotopic (exact) mass is 215 g/mol. The summed E-state index contributed by atoms with van der Waals surface area (Å²) >= 11 is 5.82. The third-order valence-electron chi connectivity index (χ3n) is 1.52. The highest BCUT2D eigenvalue weighted by Crippen LogP contribution is 2.31. The molecule has 1 rings (SSSR count). The highest BCUT2D eigenvalue weighted by molar-refractivity contribution is 6.33. The smallest absolute Gasteiger partial charge is 0.295 e. The molecule has 0 bridgehead atoms. The normalized spacial score (nSPS) is 10.3. The molecule has 0 atom stereocenters. The van der Waals surface area contributed by atoms with Gasteiger partial charge in [-0.15, -0.1) is 0 Å². The van der Waals surface area contributed by atoms with E-state index in [1.807, 2.05) is 0 Å². The Kier molecular flexibility index (Phi) is 3.27. The molecule has 0 radical (unpaired) electrons. The highest BCUT2D eigenvalue weighted by atomic mass is 35.5. The molecular formula is C8H10ClN3O2. The molecule has 0 unspecified atom stereocenters. The van der Waals surface area contributed by atoms with Crippen molar-refractivity contribution in [1.29, 1.82) is 0 Å². The lowest BCUT2D eigenvalue weighted by atomic mass is 10.3. The largest absolute Gasteiger partial charge is 0.312 e. The van der Waals surface area contributed by atoms with Crippen LogP contribution in [0.1, 0.15) is 0 Å². The van der Waals surface area contributed by atoms with E-state index in [-0.39, 0.29) is 5.69 Å². The van der Waals surface area contributed by atoms with Crippen LogP contribution in [-0.4, -0.2) is 24.0 Å². The van der Waals surface area contributed by atoms with Gasteiger partial charge in [0, 0.05) is 20.2 Å². The first-order chi connectivity index (χ1) is 6.52. The molecule has 5 nitrogen and oxygen atoms in total. The molecule has 1 aromatic carbocycles. The topological polar surface area (TPSA) is 58.4 Å². The molecular weight excluding hydrogens is 206 g/mol. The first kappa shape index (κ1) is 10.7. The van der Waals surface area contributed by atoms with Gasteiger partial charge in [0.05, 0.1) is 9.95 Å². The maximum Gasteiger partial charge on any atom is 0.295 e. The van der Waals surface area contributed by atoms with Crippen molar-refractivity contribution in [2.45, 2.75) is 0 Å². The molecule has 14 heavy (non-hydrogen) atoms. The molecule has 1 aromatic rings. The summed E-state index contributed by atoms with van der Waals surface area (Å²) in [6, 6.07) is 4.54. The summed E-state index contributed by atoms with van der Waals surface area (Å²) in [4.78, 5) is 10.2. The first-order valence-corrected chi connectivity index (χ1v) is 4.27. The van der Waals surface area contributed by atoms with E-state index >= 15 is 0 Å². The molecule has 0 fully saturated rings. The maximum atomic E-state index is 10.6. The predicted molar refractivity (Wildman–Crippen MR) is 55.4 cm³/mol. The van der Waals surface area contributed by atoms with E-state index in [2.05, 4.69) is 5.43 Å². The standard InChI is InChI=1S/C8H10ClN3O2/c1-11(2)10-8-6(9)4-3-5-7(8)12(13)14/h3-5,10H,1-2H3. The van der Waals surface area contributed by atoms with E-state index in [4.69, 9.17) is 11.6 Å². The lowest BCUT2D eigenvalue weighted by molar-refractivity contribution is -0.384. The second-order valence-electron chi connectivity index (χ2n) is 2.90. The van der Waals surface area contributed by atoms with Gasteiger partial charge in [0.15, 0.2) is 0 Å². The number of hydrogen-bond acceptors (Lipinski definition) is 4. The Bertz CT molecular complexity index is 354. The number of para-hydroxylation sites is 1. The highest BCUT2D eigenvalue weighted by Gasteiger charge is 2.16. The number of rotatable bonds is 3. The minimum Gasteiger partial charge on any atom is -0.312 e. The molecule has 0 spiro atoms. The van der Waals surface area contributed by atoms with Crippen molar-refractivity contribution in [3.05, 3.63) is 33.3 Å². The minimum absolute atomic E-state index is 0.0359. The lowest BCUT2D eigenvalue weighted by Crippen LogP contribution is -2.20. The number of benzene rings is 1. The zero-order valence-electron chi connectivity index (χ0n) is 7.82. The second-order valence-corrected chi connectivity index (χ2v) is 3.30. The van der Waals surface area contributed by atoms with E-state index < -0.39 is 4.92 Å². The summed E-state index contributed by atoms with van der Waals surface area (Å²) in [5.74, 6) is 0. The van der Waals surface area contributed by atoms with Crippen molar-refractivity contribution in [1.82, 2.24) is 5.01 Å². The van der Waals surface area contributed by atoms with Crippen LogP contribution in [0.5, 0.6) is 0 Å². The summed E-state index contributed by atoms with van der Waals surface area (Å²) in [5, 5.41) is 12.6. The fraction of sp³-hybridized carbons (Fsp3) is 0.250. The van der Waals surface area contributed by atoms with Crippen LogP contribution in [0.4, 0.5) is 11.4 Å². The minimum atomic E-state index is -0.474. The van der Waals surface area contributed by atoms with Gasteiger partial charge >= 0.3 is 0 Å². The predicted octanol–water partition coefficient (Wildman–Crippen LogP) is 2.14. The molecule has 0 heterocycles. The van der Waals surface area contributed by atoms with Crippen molar-refractivity contribution in [2.24, 2.45) is 0 Å². The van der Waals surface area contributed by atoms with Gasteiger partial charge in [-0.2, -0.15) is 0 Å². The number of nitro groups is 1. The van der Waals surface area contributed by atoms with Crippen molar-refractivity contribution in [3.63, 3.8) is 0 Å². The van der Waals surface area contributed by atoms with Crippen LogP contribution in [0.25, 0.3) is 0 Å². The fourth-order valence-electron chi connectivity index (χ4n) is 0.999. The van der Waals surface area contributed by atoms with E-state index in [1.54, 1.807) is 31.2 Å². The number of halogens is 1. The number of hydrogen-bond donors (Lipinski definition) is 1. The van der Waals surface area contributed by atoms with Gasteiger partial charge in [0.2, 0.25) is 0 Å². The third-order valence-corrected chi connectivity index (χ3v) is 1.84. The van der Waals surface area contributed by atoms with Crippen molar-refractivity contribution >= 4 is 23.0 Å². The van der Waals surface area contributed by atoms with Gasteiger partial charge in [-0.25, -0.2) is 5.01 Å². The number of nitrogens with one attached hydrogen (secondary N) is 1. The number of anilines is 1. The molecule has 0 saturated carbocycles. The second kappa shape index (κ2) is 4.26. The molecule has 76 valence electrons. The Balaban J connectivity index is 3.15. The SMILES string of the molecule is CN(C)Nc1c(Cl)cccc1[N+](=O)[O-]. The van der Waals surface area contributed by atoms with E-state index in [0.717, 1.165) is 0 Å². The molecule has 1 N–H and O–H groups in total. The fourth-order valence-corrected chi connectivity index (χ4v) is 1.21. The molecule has 6 heteroatoms. The number of nitrogens with zero attached hydrogens (tertiary/aromatic N) is 2. The number of nitro benzene ring substituents is 1. The summed E-state index contributed by atoms with van der Waals surface area (Å²) in [6.45, 7) is 0. The van der Waals surface area contributed by atoms with Gasteiger partial charge in [-0.1, -0.05) is 17.7 Å². The molecule has 0 aliphatic rings. The van der Waals surface area contributed by atoms with Gasteiger partial charge < -0.3 is 5.43 Å². The molecule has 0 amide bonds. The zero-order valence-corrected chi connectivity index (χ0v) is 8.58. The van der Waals surface area contributed by atoms with E-state index in [1.165, 1.54) is 6.07 Å². The van der Waals surface area contributed by atoms with Crippen LogP contribution in [0, 0.1) is 10.1 Å². The van der Waals surface area contributed by atoms with Gasteiger partial charge in [-0.3, -0.25) is 10.1 Å². The van der Waals surface area contributed by atoms with E-state index in [9.17, 15) is 10.1 Å². The Labute approximate surface area is 86.4 Å². The molecule has 0 aliphatic carbocycles. The molecule has 0 saturated heterocycles. The Morgan fingerprint density at radius 1 is 1.50 bits per heavy atom. The third kappa shape index (κ3) is 2.34. The molecule has 0 aromatic heterocycles. The maximum absolute atomic E-state index is 10.6. The first-order valence-electron chi connectivity index (χ1n) is 3.89. The van der Waals surface area contributed by atoms with Crippen LogP contribution < -0.4 is 5.43 Å². The van der Waals surface area contributed by atoms with Gasteiger partial charge in [0.1, 0.15) is 5.69 Å². The quantitative estimate of drug-likeness (QED) is 0.620. The Morgan fingerprint density at radius 2 is 2.14 bits per heavy atom. The van der Waals surface area contributed by atoms with Crippen molar-refractivity contribution in [2.75, 3.05) is 19.5 Å². The lowest BCUT2D eigenvalue weighted by Gasteiger charge is -2.14. The average molecular weight is 216 g/mol. The summed E-state index contributed by atoms with van der Waals surface area (Å²) < 4.78 is 0. The Morgan fingerprint density at radius 3 is 2.64 bits per heavy atom. The summed E-state index contributed by atoms with van der Waals surface area (Å²) in [7, 11) is 3.46.